The number of ketones is 1. The molecule has 0 saturated heterocycles. The molecule has 19 heavy (non-hydrogen) atoms. The maximum Gasteiger partial charge on any atom is 0.220 e. The van der Waals surface area contributed by atoms with Crippen LogP contribution in [0.4, 0.5) is 0 Å². The molecular weight excluding hydrogens is 266 g/mol. The van der Waals surface area contributed by atoms with Crippen molar-refractivity contribution in [1.29, 1.82) is 0 Å². The Bertz CT molecular complexity index is 323. The lowest BCUT2D eigenvalue weighted by molar-refractivity contribution is -0.368. The lowest BCUT2D eigenvalue weighted by atomic mass is 9.93. The Kier molecular flexibility index (Phi) is 9.24. The smallest absolute Gasteiger partial charge is 0.220 e. The van der Waals surface area contributed by atoms with Gasteiger partial charge in [0.1, 0.15) is 0 Å². The van der Waals surface area contributed by atoms with E-state index in [1.807, 2.05) is 0 Å². The second-order valence-corrected chi connectivity index (χ2v) is 4.92. The number of rotatable bonds is 10. The maximum absolute atomic E-state index is 12.0. The predicted octanol–water partition coefficient (Wildman–Crippen LogP) is -1.11. The number of carbonyl (C=O) groups excluding carboxylic acids is 3. The van der Waals surface area contributed by atoms with Gasteiger partial charge in [-0.25, -0.2) is 0 Å². The first-order valence-electron chi connectivity index (χ1n) is 6.41. The third-order valence-corrected chi connectivity index (χ3v) is 3.22. The molecule has 0 aromatic carbocycles. The molecule has 0 fully saturated rings. The fourth-order valence-corrected chi connectivity index (χ4v) is 2.07. The number of nitrogens with two attached hydrogens (primary N) is 1. The molecule has 0 saturated carbocycles. The fraction of sp³-hybridized carbons (Fsp3) is 0.750. The van der Waals surface area contributed by atoms with E-state index in [9.17, 15) is 14.4 Å². The number of amides is 2. The van der Waals surface area contributed by atoms with Crippen molar-refractivity contribution in [2.75, 3.05) is 12.3 Å². The highest BCUT2D eigenvalue weighted by molar-refractivity contribution is 7.80. The second kappa shape index (κ2) is 9.80. The van der Waals surface area contributed by atoms with E-state index in [2.05, 4.69) is 23.7 Å². The van der Waals surface area contributed by atoms with Crippen LogP contribution >= 0.6 is 12.6 Å². The summed E-state index contributed by atoms with van der Waals surface area (Å²) in [5.41, 5.74) is 9.02. The largest absolute Gasteiger partial charge is 0.369 e. The average molecular weight is 290 g/mol. The van der Waals surface area contributed by atoms with Gasteiger partial charge in [-0.05, 0) is 19.3 Å². The van der Waals surface area contributed by atoms with Gasteiger partial charge in [0, 0.05) is 25.0 Å². The second-order valence-electron chi connectivity index (χ2n) is 4.55. The number of nitrogens with one attached hydrogen (secondary N) is 1. The van der Waals surface area contributed by atoms with Crippen LogP contribution in [0.3, 0.4) is 0 Å². The summed E-state index contributed by atoms with van der Waals surface area (Å²) in [6.07, 6.45) is 2.35. The predicted molar refractivity (Wildman–Crippen MR) is 75.4 cm³/mol. The quantitative estimate of drug-likeness (QED) is 0.302. The fourth-order valence-electron chi connectivity index (χ4n) is 1.77. The molecule has 110 valence electrons. The highest BCUT2D eigenvalue weighted by Crippen LogP contribution is 2.14. The van der Waals surface area contributed by atoms with Gasteiger partial charge in [-0.3, -0.25) is 14.4 Å². The Morgan fingerprint density at radius 3 is 2.37 bits per heavy atom. The molecule has 0 aliphatic heterocycles. The molecule has 0 aromatic rings. The summed E-state index contributed by atoms with van der Waals surface area (Å²) in [4.78, 5) is 34.2. The summed E-state index contributed by atoms with van der Waals surface area (Å²) in [7, 11) is 0. The van der Waals surface area contributed by atoms with Gasteiger partial charge < -0.3 is 16.8 Å². The first kappa shape index (κ1) is 17.9. The number of quaternary nitrogens is 1. The van der Waals surface area contributed by atoms with E-state index in [1.54, 1.807) is 0 Å². The van der Waals surface area contributed by atoms with Crippen LogP contribution in [0, 0.1) is 5.92 Å². The molecule has 0 spiro atoms. The normalized spacial score (nSPS) is 13.6. The zero-order chi connectivity index (χ0) is 14.8. The molecule has 7 heteroatoms. The van der Waals surface area contributed by atoms with Gasteiger partial charge in [-0.2, -0.15) is 12.6 Å². The minimum Gasteiger partial charge on any atom is -0.369 e. The molecule has 6 nitrogen and oxygen atoms in total. The molecular formula is C12H24N3O3S+. The maximum atomic E-state index is 12.0. The molecule has 0 heterocycles. The summed E-state index contributed by atoms with van der Waals surface area (Å²) in [5, 5.41) is 2.51. The number of Topliss-reactive ketones (excluding diaryl/α,β-unsaturated/α-hetero) is 1. The summed E-state index contributed by atoms with van der Waals surface area (Å²) < 4.78 is 0. The van der Waals surface area contributed by atoms with Crippen LogP contribution in [-0.2, 0) is 14.4 Å². The van der Waals surface area contributed by atoms with Crippen LogP contribution in [0.1, 0.15) is 32.6 Å². The number of primary amides is 1. The highest BCUT2D eigenvalue weighted by Gasteiger charge is 2.24. The van der Waals surface area contributed by atoms with Crippen molar-refractivity contribution >= 4 is 30.2 Å². The lowest BCUT2D eigenvalue weighted by Crippen LogP contribution is -2.50. The average Bonchev–Trinajstić information content (AvgIpc) is 2.34. The molecule has 0 unspecified atom stereocenters. The Morgan fingerprint density at radius 1 is 1.32 bits per heavy atom. The van der Waals surface area contributed by atoms with Crippen LogP contribution in [0.25, 0.3) is 0 Å². The first-order chi connectivity index (χ1) is 8.92. The van der Waals surface area contributed by atoms with Crippen LogP contribution in [-0.4, -0.2) is 35.9 Å². The number of thiol groups is 1. The standard InChI is InChI=1S/C12H23N3O3S/c1-8(16)15-10(7-19)11(17)6-9(12(14)18)4-2-3-5-13/h9-10,19H,2-7,13H2,1H3,(H2,14,18)(H,15,16)/p+1/t9-,10+/m0/s1. The van der Waals surface area contributed by atoms with Gasteiger partial charge in [0.2, 0.25) is 11.8 Å². The van der Waals surface area contributed by atoms with E-state index in [-0.39, 0.29) is 23.9 Å². The molecule has 0 rings (SSSR count). The van der Waals surface area contributed by atoms with Crippen molar-refractivity contribution in [3.63, 3.8) is 0 Å². The van der Waals surface area contributed by atoms with Gasteiger partial charge in [0.15, 0.2) is 5.78 Å². The molecule has 2 atom stereocenters. The number of hydrogen-bond acceptors (Lipinski definition) is 4. The van der Waals surface area contributed by atoms with Crippen molar-refractivity contribution in [2.24, 2.45) is 11.7 Å². The zero-order valence-electron chi connectivity index (χ0n) is 11.4. The van der Waals surface area contributed by atoms with Gasteiger partial charge in [0.05, 0.1) is 12.6 Å². The third-order valence-electron chi connectivity index (χ3n) is 2.85. The van der Waals surface area contributed by atoms with Crippen LogP contribution < -0.4 is 16.8 Å². The van der Waals surface area contributed by atoms with E-state index in [4.69, 9.17) is 5.73 Å². The minimum atomic E-state index is -0.657. The highest BCUT2D eigenvalue weighted by atomic mass is 32.1. The van der Waals surface area contributed by atoms with E-state index in [1.165, 1.54) is 6.92 Å². The van der Waals surface area contributed by atoms with Crippen LogP contribution in [0.2, 0.25) is 0 Å². The molecule has 6 N–H and O–H groups in total. The summed E-state index contributed by atoms with van der Waals surface area (Å²) >= 11 is 4.03. The topological polar surface area (TPSA) is 117 Å². The van der Waals surface area contributed by atoms with Crippen molar-refractivity contribution < 1.29 is 20.1 Å². The van der Waals surface area contributed by atoms with E-state index in [0.29, 0.717) is 6.42 Å². The van der Waals surface area contributed by atoms with Gasteiger partial charge >= 0.3 is 0 Å². The van der Waals surface area contributed by atoms with Gasteiger partial charge in [0.25, 0.3) is 0 Å². The van der Waals surface area contributed by atoms with Crippen molar-refractivity contribution in [1.82, 2.24) is 5.32 Å². The first-order valence-corrected chi connectivity index (χ1v) is 7.04. The van der Waals surface area contributed by atoms with Crippen LogP contribution in [0.15, 0.2) is 0 Å². The molecule has 0 aliphatic rings. The minimum absolute atomic E-state index is 0.0536. The molecule has 0 bridgehead atoms. The molecule has 0 radical (unpaired) electrons. The number of unbranched alkanes of at least 4 members (excludes halogenated alkanes) is 1. The van der Waals surface area contributed by atoms with Crippen molar-refractivity contribution in [3.8, 4) is 0 Å². The Balaban J connectivity index is 4.43. The molecule has 0 aliphatic carbocycles. The Hall–Kier alpha value is -1.08. The van der Waals surface area contributed by atoms with Crippen LogP contribution in [0.5, 0.6) is 0 Å². The van der Waals surface area contributed by atoms with Crippen molar-refractivity contribution in [3.05, 3.63) is 0 Å². The van der Waals surface area contributed by atoms with Gasteiger partial charge in [-0.15, -0.1) is 0 Å². The summed E-state index contributed by atoms with van der Waals surface area (Å²) in [6.45, 7) is 2.13. The number of hydrogen-bond donors (Lipinski definition) is 4. The third kappa shape index (κ3) is 7.84. The molecule has 2 amide bonds. The summed E-state index contributed by atoms with van der Waals surface area (Å²) in [6, 6.07) is -0.657. The zero-order valence-corrected chi connectivity index (χ0v) is 12.2. The van der Waals surface area contributed by atoms with E-state index < -0.39 is 17.9 Å². The number of carbonyl (C=O) groups is 3. The molecule has 0 aromatic heterocycles. The SMILES string of the molecule is CC(=O)N[C@H](CS)C(=O)C[C@H](CCCC[NH3+])C(N)=O. The van der Waals surface area contributed by atoms with E-state index in [0.717, 1.165) is 19.4 Å². The Labute approximate surface area is 119 Å². The van der Waals surface area contributed by atoms with Crippen molar-refractivity contribution in [2.45, 2.75) is 38.6 Å². The van der Waals surface area contributed by atoms with Gasteiger partial charge in [-0.1, -0.05) is 0 Å². The Morgan fingerprint density at radius 2 is 1.95 bits per heavy atom. The lowest BCUT2D eigenvalue weighted by Gasteiger charge is -2.17. The monoisotopic (exact) mass is 290 g/mol. The summed E-state index contributed by atoms with van der Waals surface area (Å²) in [5.74, 6) is -1.24. The van der Waals surface area contributed by atoms with E-state index >= 15 is 0 Å².